The van der Waals surface area contributed by atoms with Crippen LogP contribution in [0.25, 0.3) is 132 Å². The highest BCUT2D eigenvalue weighted by Gasteiger charge is 2.30. The van der Waals surface area contributed by atoms with Crippen LogP contribution >= 0.6 is 11.3 Å². The number of halogens is 1. The van der Waals surface area contributed by atoms with Crippen molar-refractivity contribution in [1.29, 1.82) is 0 Å². The Kier molecular flexibility index (Phi) is 23.5. The first-order valence-electron chi connectivity index (χ1n) is 44.9. The first-order valence-corrected chi connectivity index (χ1v) is 45.8. The maximum Gasteiger partial charge on any atom is 0.223 e. The number of carbonyl (C=O) groups excluding carboxylic acids is 1. The molecule has 38 nitrogen and oxygen atoms in total. The lowest BCUT2D eigenvalue weighted by atomic mass is 10.1. The molecule has 0 aliphatic carbocycles. The summed E-state index contributed by atoms with van der Waals surface area (Å²) in [7, 11) is 0. The summed E-state index contributed by atoms with van der Waals surface area (Å²) >= 11 is 1.41. The number of thiazole rings is 1. The summed E-state index contributed by atoms with van der Waals surface area (Å²) in [5.74, 6) is 9.52. The van der Waals surface area contributed by atoms with E-state index in [-0.39, 0.29) is 29.8 Å². The summed E-state index contributed by atoms with van der Waals surface area (Å²) in [6, 6.07) is 48.0. The van der Waals surface area contributed by atoms with Gasteiger partial charge >= 0.3 is 0 Å². The Morgan fingerprint density at radius 3 is 1.10 bits per heavy atom. The van der Waals surface area contributed by atoms with Crippen LogP contribution in [0, 0.1) is 17.7 Å². The van der Waals surface area contributed by atoms with Gasteiger partial charge in [-0.3, -0.25) is 4.79 Å². The highest BCUT2D eigenvalue weighted by molar-refractivity contribution is 7.22. The second kappa shape index (κ2) is 37.2. The van der Waals surface area contributed by atoms with E-state index >= 15 is 0 Å². The largest absolute Gasteiger partial charge is 0.508 e. The molecule has 137 heavy (non-hydrogen) atoms. The van der Waals surface area contributed by atoms with Crippen molar-refractivity contribution < 1.29 is 24.5 Å². The number of rotatable bonds is 16. The van der Waals surface area contributed by atoms with E-state index < -0.39 is 11.9 Å². The fourth-order valence-corrected chi connectivity index (χ4v) is 18.8. The number of nitrogens with one attached hydrogen (secondary N) is 1. The van der Waals surface area contributed by atoms with Crippen molar-refractivity contribution in [3.63, 3.8) is 0 Å². The minimum absolute atomic E-state index is 0.155. The molecule has 0 radical (unpaired) electrons. The number of fused-ring (bicyclic) bond motifs is 9. The van der Waals surface area contributed by atoms with Crippen molar-refractivity contribution in [2.75, 3.05) is 100 Å². The van der Waals surface area contributed by atoms with Gasteiger partial charge in [-0.1, -0.05) is 84.0 Å². The smallest absolute Gasteiger partial charge is 0.223 e. The van der Waals surface area contributed by atoms with Gasteiger partial charge in [0.05, 0.1) is 102 Å². The second-order valence-electron chi connectivity index (χ2n) is 33.6. The van der Waals surface area contributed by atoms with E-state index in [4.69, 9.17) is 78.1 Å². The quantitative estimate of drug-likeness (QED) is 0.0416. The monoisotopic (exact) mass is 1840 g/mol. The number of phenolic OH excluding ortho intramolecular Hbond substituents is 2. The number of aromatic hydroxyl groups is 2. The number of aromatic nitrogens is 25. The third-order valence-corrected chi connectivity index (χ3v) is 25.1. The standard InChI is InChI=1S/C27H24N10OS.C24H21FN8O.C24H22N8O.C22H22N8O/c1-15(38)31-27-34-19-9-8-16(12-21(19)39-27)23-22-24(28)29-14-30-26(22)37(35-23)13-20-25(36-10-4-5-11-36)33-18-7-3-2-6-17(18)32-20;25-15-9-14(10-16(34)11-15)21-20-22(26)27-13-28-24(20)33(31-21)12-19-23(32-7-3-4-8-32)30-18-6-2-1-5-17(18)29-19;25-22-20-21(15-6-5-7-16(33)12-15)30-32(24(20)27-14-26-22)13-19-23(31-10-3-4-11-31)29-18-9-2-1-8-17(18)28-19;1-14(31)8-9-17-19-20(23)24-13-25-22(19)30(28-17)12-18-21(29-10-4-5-11-29)27-16-7-3-2-6-15(16)26-18/h2-3,6-9,12,14H,4-5,10-11,13H2,1H3,(H2,28,29,30)(H,31,34,38);1-2,5-6,9-11,13,34H,3-4,7-8,12H2,(H2,26,27,28);1-2,5-9,12,14,33H,3-4,10-11,13H2,(H2,25,26,27);2-3,6-7,13-14,31H,4-5,10-12H2,1H3,(H2,23,24,25)/t;;;14-/m...1/s1. The molecule has 1 amide bonds. The summed E-state index contributed by atoms with van der Waals surface area (Å²) in [6.45, 7) is 12.1. The normalized spacial score (nSPS) is 14.0. The number of para-hydroxylation sites is 8. The minimum Gasteiger partial charge on any atom is -0.508 e. The number of nitrogens with two attached hydrogens (primary N) is 4. The van der Waals surface area contributed by atoms with Crippen molar-refractivity contribution in [2.45, 2.75) is 97.5 Å². The lowest BCUT2D eigenvalue weighted by molar-refractivity contribution is -0.114. The third kappa shape index (κ3) is 17.7. The molecule has 20 aromatic rings. The molecule has 0 unspecified atom stereocenters. The van der Waals surface area contributed by atoms with E-state index in [1.165, 1.54) is 55.7 Å². The Bertz CT molecular complexity index is 8110. The van der Waals surface area contributed by atoms with Crippen molar-refractivity contribution >= 4 is 167 Å². The van der Waals surface area contributed by atoms with Gasteiger partial charge in [-0.05, 0) is 149 Å². The molecule has 4 saturated heterocycles. The number of aliphatic hydroxyl groups excluding tert-OH is 1. The van der Waals surface area contributed by atoms with Gasteiger partial charge in [-0.15, -0.1) is 0 Å². The summed E-state index contributed by atoms with van der Waals surface area (Å²) in [5, 5.41) is 54.4. The maximum absolute atomic E-state index is 14.1. The number of carbonyl (C=O) groups is 1. The van der Waals surface area contributed by atoms with E-state index in [9.17, 15) is 24.5 Å². The SMILES string of the molecule is CC(=O)Nc1nc2ccc(-c3nn(Cc4nc5ccccc5nc4N4CCCC4)c4ncnc(N)c34)cc2s1.C[C@@H](O)C#Cc1nn(Cc2nc3ccccc3nc2N2CCCC2)c2ncnc(N)c12.Nc1ncnc2c1c(-c1cc(O)cc(F)c1)nn2Cc1nc2ccccc2nc1N1CCCC1.Nc1ncnc2c1c(-c1cccc(O)c1)nn2Cc1nc2ccccc2nc1N1CCCC1. The molecule has 24 rings (SSSR count). The molecule has 17 heterocycles. The first kappa shape index (κ1) is 86.6. The number of benzene rings is 7. The van der Waals surface area contributed by atoms with Crippen LogP contribution in [-0.2, 0) is 31.0 Å². The molecule has 684 valence electrons. The molecule has 12 N–H and O–H groups in total. The van der Waals surface area contributed by atoms with Crippen molar-refractivity contribution in [3.8, 4) is 57.1 Å². The highest BCUT2D eigenvalue weighted by Crippen LogP contribution is 2.40. The topological polar surface area (TPSA) is 497 Å². The van der Waals surface area contributed by atoms with Gasteiger partial charge in [-0.2, -0.15) is 20.4 Å². The number of hydrogen-bond acceptors (Lipinski definition) is 34. The number of nitrogens with zero attached hydrogens (tertiary/aromatic N) is 29. The Morgan fingerprint density at radius 2 is 0.737 bits per heavy atom. The van der Waals surface area contributed by atoms with E-state index in [1.807, 2.05) is 126 Å². The van der Waals surface area contributed by atoms with Gasteiger partial charge in [0.2, 0.25) is 5.91 Å². The van der Waals surface area contributed by atoms with Crippen LogP contribution in [0.2, 0.25) is 0 Å². The van der Waals surface area contributed by atoms with Gasteiger partial charge in [-0.25, -0.2) is 108 Å². The predicted octanol–water partition coefficient (Wildman–Crippen LogP) is 12.9. The van der Waals surface area contributed by atoms with Gasteiger partial charge in [0.15, 0.2) is 51.0 Å². The molecule has 1 atom stereocenters. The van der Waals surface area contributed by atoms with Crippen molar-refractivity contribution in [1.82, 2.24) is 124 Å². The van der Waals surface area contributed by atoms with Crippen LogP contribution < -0.4 is 47.9 Å². The van der Waals surface area contributed by atoms with Gasteiger partial charge in [0, 0.05) is 82.0 Å². The van der Waals surface area contributed by atoms with Crippen LogP contribution in [0.4, 0.5) is 56.1 Å². The second-order valence-corrected chi connectivity index (χ2v) is 34.7. The molecular weight excluding hydrogens is 1760 g/mol. The van der Waals surface area contributed by atoms with Crippen molar-refractivity contribution in [2.24, 2.45) is 0 Å². The highest BCUT2D eigenvalue weighted by atomic mass is 32.1. The van der Waals surface area contributed by atoms with Gasteiger partial charge in [0.25, 0.3) is 0 Å². The molecule has 0 bridgehead atoms. The molecule has 0 spiro atoms. The molecule has 0 saturated carbocycles. The Morgan fingerprint density at radius 1 is 0.394 bits per heavy atom. The molecule has 4 aliphatic heterocycles. The van der Waals surface area contributed by atoms with Crippen molar-refractivity contribution in [3.05, 3.63) is 217 Å². The summed E-state index contributed by atoms with van der Waals surface area (Å²) in [6.07, 6.45) is 14.0. The molecule has 40 heteroatoms. The van der Waals surface area contributed by atoms with E-state index in [0.29, 0.717) is 115 Å². The van der Waals surface area contributed by atoms with E-state index in [0.717, 1.165) is 221 Å². The van der Waals surface area contributed by atoms with Crippen LogP contribution in [0.5, 0.6) is 11.5 Å². The molecule has 7 aromatic carbocycles. The zero-order valence-electron chi connectivity index (χ0n) is 74.4. The predicted molar refractivity (Wildman–Crippen MR) is 525 cm³/mol. The number of hydrogen-bond donors (Lipinski definition) is 8. The maximum atomic E-state index is 14.1. The molecular formula is C97H89FN34O4S. The minimum atomic E-state index is -0.779. The summed E-state index contributed by atoms with van der Waals surface area (Å²) < 4.78 is 22.0. The Labute approximate surface area is 783 Å². The fourth-order valence-electron chi connectivity index (χ4n) is 17.9. The number of nitrogen functional groups attached to an aromatic ring is 4. The number of phenols is 2. The average molecular weight is 1850 g/mol. The van der Waals surface area contributed by atoms with Crippen LogP contribution in [0.15, 0.2) is 183 Å². The summed E-state index contributed by atoms with van der Waals surface area (Å²) in [5.41, 5.74) is 42.1. The zero-order chi connectivity index (χ0) is 93.5. The molecule has 4 fully saturated rings. The van der Waals surface area contributed by atoms with E-state index in [2.05, 4.69) is 86.7 Å². The fraction of sp³-hybridized carbons (Fsp3) is 0.237. The lowest BCUT2D eigenvalue weighted by Crippen LogP contribution is -2.22. The Balaban J connectivity index is 0.000000109. The van der Waals surface area contributed by atoms with Gasteiger partial charge < -0.3 is 63.2 Å². The molecule has 13 aromatic heterocycles. The van der Waals surface area contributed by atoms with Crippen LogP contribution in [-0.4, -0.2) is 204 Å². The van der Waals surface area contributed by atoms with E-state index in [1.54, 1.807) is 39.2 Å². The average Bonchev–Trinajstić information content (AvgIpc) is 1.63. The van der Waals surface area contributed by atoms with Crippen LogP contribution in [0.1, 0.15) is 93.7 Å². The van der Waals surface area contributed by atoms with Gasteiger partial charge in [0.1, 0.15) is 118 Å². The molecule has 4 aliphatic rings. The zero-order valence-corrected chi connectivity index (χ0v) is 75.2. The number of anilines is 9. The summed E-state index contributed by atoms with van der Waals surface area (Å²) in [4.78, 5) is 99.2. The lowest BCUT2D eigenvalue weighted by Gasteiger charge is -2.20. The number of aliphatic hydroxyl groups is 1. The number of amides is 1. The third-order valence-electron chi connectivity index (χ3n) is 24.2. The first-order chi connectivity index (χ1) is 66.9. The van der Waals surface area contributed by atoms with Crippen LogP contribution in [0.3, 0.4) is 0 Å². The Hall–Kier alpha value is -17.1.